The molecular formula is C20H24O6. The molecule has 0 aromatic heterocycles. The highest BCUT2D eigenvalue weighted by Gasteiger charge is 2.53. The molecule has 6 heteroatoms. The standard InChI is InChI=1S/C20H24O6/c1-6-10(2)18(22)25-15-9-20(5)16(21)8-13(26-20)11(3)7-14-17(15)12(4)19(23)24-14/h6,8,11,14-15,17H,4,7,9H2,1-3,5H3/b10-6+/t11-,14+,15+,17+,20+/m0/s1. The number of ketones is 1. The number of rotatable bonds is 2. The fourth-order valence-corrected chi connectivity index (χ4v) is 3.75. The Morgan fingerprint density at radius 2 is 2.12 bits per heavy atom. The van der Waals surface area contributed by atoms with Crippen LogP contribution in [-0.4, -0.2) is 35.5 Å². The Bertz CT molecular complexity index is 745. The smallest absolute Gasteiger partial charge is 0.334 e. The zero-order valence-electron chi connectivity index (χ0n) is 15.5. The van der Waals surface area contributed by atoms with Crippen LogP contribution in [0.5, 0.6) is 0 Å². The van der Waals surface area contributed by atoms with Crippen molar-refractivity contribution in [2.45, 2.75) is 58.3 Å². The molecule has 6 nitrogen and oxygen atoms in total. The lowest BCUT2D eigenvalue weighted by Crippen LogP contribution is -2.43. The number of carbonyl (C=O) groups is 3. The monoisotopic (exact) mass is 360 g/mol. The van der Waals surface area contributed by atoms with Crippen LogP contribution in [0.1, 0.15) is 40.5 Å². The van der Waals surface area contributed by atoms with Crippen molar-refractivity contribution < 1.29 is 28.6 Å². The van der Waals surface area contributed by atoms with Crippen LogP contribution in [0.3, 0.4) is 0 Å². The van der Waals surface area contributed by atoms with E-state index in [2.05, 4.69) is 6.58 Å². The summed E-state index contributed by atoms with van der Waals surface area (Å²) in [7, 11) is 0. The summed E-state index contributed by atoms with van der Waals surface area (Å²) in [6, 6.07) is 0. The van der Waals surface area contributed by atoms with Crippen LogP contribution in [0.4, 0.5) is 0 Å². The number of fused-ring (bicyclic) bond motifs is 3. The molecule has 0 radical (unpaired) electrons. The molecule has 2 fully saturated rings. The normalized spacial score (nSPS) is 37.0. The van der Waals surface area contributed by atoms with Gasteiger partial charge >= 0.3 is 11.9 Å². The quantitative estimate of drug-likeness (QED) is 0.556. The van der Waals surface area contributed by atoms with E-state index in [1.54, 1.807) is 26.8 Å². The molecule has 2 bridgehead atoms. The first-order chi connectivity index (χ1) is 12.2. The minimum absolute atomic E-state index is 0.0984. The van der Waals surface area contributed by atoms with E-state index in [1.165, 1.54) is 6.08 Å². The second-order valence-corrected chi connectivity index (χ2v) is 7.49. The van der Waals surface area contributed by atoms with Gasteiger partial charge in [-0.1, -0.05) is 19.6 Å². The number of carbonyl (C=O) groups excluding carboxylic acids is 3. The van der Waals surface area contributed by atoms with Crippen molar-refractivity contribution in [2.75, 3.05) is 0 Å². The molecule has 2 saturated heterocycles. The predicted octanol–water partition coefficient (Wildman–Crippen LogP) is 2.63. The second kappa shape index (κ2) is 6.41. The average Bonchev–Trinajstić information content (AvgIpc) is 3.03. The maximum absolute atomic E-state index is 12.5. The van der Waals surface area contributed by atoms with Gasteiger partial charge in [-0.2, -0.15) is 0 Å². The minimum Gasteiger partial charge on any atom is -0.483 e. The molecule has 3 aliphatic heterocycles. The minimum atomic E-state index is -1.13. The van der Waals surface area contributed by atoms with E-state index < -0.39 is 35.7 Å². The Hall–Kier alpha value is -2.37. The van der Waals surface area contributed by atoms with Crippen molar-refractivity contribution in [1.29, 1.82) is 0 Å². The highest BCUT2D eigenvalue weighted by atomic mass is 16.6. The molecule has 0 unspecified atom stereocenters. The molecule has 3 aliphatic rings. The summed E-state index contributed by atoms with van der Waals surface area (Å²) in [6.07, 6.45) is 2.57. The Morgan fingerprint density at radius 3 is 2.77 bits per heavy atom. The average molecular weight is 360 g/mol. The summed E-state index contributed by atoms with van der Waals surface area (Å²) in [6.45, 7) is 10.9. The molecule has 0 spiro atoms. The molecule has 0 aromatic carbocycles. The third kappa shape index (κ3) is 2.97. The van der Waals surface area contributed by atoms with Crippen LogP contribution in [-0.2, 0) is 28.6 Å². The van der Waals surface area contributed by atoms with Crippen LogP contribution >= 0.6 is 0 Å². The van der Waals surface area contributed by atoms with E-state index in [0.717, 1.165) is 0 Å². The molecule has 3 rings (SSSR count). The van der Waals surface area contributed by atoms with Gasteiger partial charge in [0.05, 0.1) is 5.92 Å². The summed E-state index contributed by atoms with van der Waals surface area (Å²) < 4.78 is 17.2. The Balaban J connectivity index is 2.00. The van der Waals surface area contributed by atoms with Gasteiger partial charge in [0.15, 0.2) is 5.60 Å². The van der Waals surface area contributed by atoms with Crippen molar-refractivity contribution in [2.24, 2.45) is 11.8 Å². The van der Waals surface area contributed by atoms with Crippen LogP contribution in [0.25, 0.3) is 0 Å². The highest BCUT2D eigenvalue weighted by Crippen LogP contribution is 2.44. The lowest BCUT2D eigenvalue weighted by Gasteiger charge is -2.31. The first-order valence-corrected chi connectivity index (χ1v) is 8.85. The third-order valence-corrected chi connectivity index (χ3v) is 5.54. The van der Waals surface area contributed by atoms with Crippen molar-refractivity contribution in [3.05, 3.63) is 35.6 Å². The van der Waals surface area contributed by atoms with Crippen molar-refractivity contribution in [3.63, 3.8) is 0 Å². The number of ether oxygens (including phenoxy) is 3. The van der Waals surface area contributed by atoms with Crippen molar-refractivity contribution >= 4 is 17.7 Å². The number of allylic oxidation sites excluding steroid dienone is 2. The second-order valence-electron chi connectivity index (χ2n) is 7.49. The van der Waals surface area contributed by atoms with E-state index in [4.69, 9.17) is 14.2 Å². The number of hydrogen-bond acceptors (Lipinski definition) is 6. The zero-order valence-corrected chi connectivity index (χ0v) is 15.5. The van der Waals surface area contributed by atoms with Gasteiger partial charge in [-0.25, -0.2) is 9.59 Å². The fraction of sp³-hybridized carbons (Fsp3) is 0.550. The predicted molar refractivity (Wildman–Crippen MR) is 92.8 cm³/mol. The molecule has 0 amide bonds. The van der Waals surface area contributed by atoms with E-state index >= 15 is 0 Å². The number of esters is 2. The molecule has 140 valence electrons. The molecule has 0 aliphatic carbocycles. The Morgan fingerprint density at radius 1 is 1.42 bits per heavy atom. The van der Waals surface area contributed by atoms with Crippen LogP contribution in [0.15, 0.2) is 35.6 Å². The first kappa shape index (κ1) is 18.4. The summed E-state index contributed by atoms with van der Waals surface area (Å²) in [4.78, 5) is 37.0. The summed E-state index contributed by atoms with van der Waals surface area (Å²) in [5.41, 5.74) is -0.395. The largest absolute Gasteiger partial charge is 0.483 e. The molecule has 0 saturated carbocycles. The van der Waals surface area contributed by atoms with Crippen molar-refractivity contribution in [3.8, 4) is 0 Å². The van der Waals surface area contributed by atoms with Gasteiger partial charge in [0.1, 0.15) is 18.0 Å². The molecule has 3 heterocycles. The Kier molecular flexibility index (Phi) is 4.54. The van der Waals surface area contributed by atoms with Gasteiger partial charge in [-0.05, 0) is 27.2 Å². The SMILES string of the molecule is C=C1C(=O)O[C@@H]2C[C@H](C)C3=CC(=O)[C@@](C)(C[C@@H](OC(=O)/C(C)=C/C)[C@H]12)O3. The maximum Gasteiger partial charge on any atom is 0.334 e. The van der Waals surface area contributed by atoms with Crippen molar-refractivity contribution in [1.82, 2.24) is 0 Å². The number of hydrogen-bond donors (Lipinski definition) is 0. The van der Waals surface area contributed by atoms with E-state index in [0.29, 0.717) is 17.8 Å². The van der Waals surface area contributed by atoms with Crippen LogP contribution in [0.2, 0.25) is 0 Å². The summed E-state index contributed by atoms with van der Waals surface area (Å²) in [5, 5.41) is 0. The zero-order chi connectivity index (χ0) is 19.2. The third-order valence-electron chi connectivity index (χ3n) is 5.54. The topological polar surface area (TPSA) is 78.9 Å². The molecule has 26 heavy (non-hydrogen) atoms. The van der Waals surface area contributed by atoms with Crippen LogP contribution < -0.4 is 0 Å². The fourth-order valence-electron chi connectivity index (χ4n) is 3.75. The molecule has 0 aromatic rings. The van der Waals surface area contributed by atoms with E-state index in [9.17, 15) is 14.4 Å². The lowest BCUT2D eigenvalue weighted by molar-refractivity contribution is -0.153. The first-order valence-electron chi connectivity index (χ1n) is 8.85. The van der Waals surface area contributed by atoms with Gasteiger partial charge in [-0.3, -0.25) is 4.79 Å². The van der Waals surface area contributed by atoms with Gasteiger partial charge < -0.3 is 14.2 Å². The Labute approximate surface area is 152 Å². The van der Waals surface area contributed by atoms with Gasteiger partial charge in [0.25, 0.3) is 0 Å². The van der Waals surface area contributed by atoms with Gasteiger partial charge in [0.2, 0.25) is 5.78 Å². The summed E-state index contributed by atoms with van der Waals surface area (Å²) in [5.74, 6) is -1.13. The van der Waals surface area contributed by atoms with Gasteiger partial charge in [-0.15, -0.1) is 0 Å². The van der Waals surface area contributed by atoms with Gasteiger partial charge in [0, 0.05) is 29.6 Å². The maximum atomic E-state index is 12.5. The summed E-state index contributed by atoms with van der Waals surface area (Å²) >= 11 is 0. The van der Waals surface area contributed by atoms with E-state index in [-0.39, 0.29) is 23.7 Å². The molecule has 5 atom stereocenters. The van der Waals surface area contributed by atoms with E-state index in [1.807, 2.05) is 6.92 Å². The molecule has 0 N–H and O–H groups in total. The highest BCUT2D eigenvalue weighted by molar-refractivity contribution is 5.99. The lowest BCUT2D eigenvalue weighted by atomic mass is 9.80. The molecular weight excluding hydrogens is 336 g/mol. The van der Waals surface area contributed by atoms with Crippen LogP contribution in [0, 0.1) is 11.8 Å².